The van der Waals surface area contributed by atoms with Crippen LogP contribution in [0.1, 0.15) is 16.7 Å². The highest BCUT2D eigenvalue weighted by Gasteiger charge is 2.25. The predicted molar refractivity (Wildman–Crippen MR) is 97.9 cm³/mol. The molecule has 0 aliphatic carbocycles. The lowest BCUT2D eigenvalue weighted by Gasteiger charge is -2.10. The number of benzene rings is 2. The van der Waals surface area contributed by atoms with Crippen LogP contribution in [0.15, 0.2) is 47.1 Å². The lowest BCUT2D eigenvalue weighted by molar-refractivity contribution is -0.129. The summed E-state index contributed by atoms with van der Waals surface area (Å²) in [5, 5.41) is 0. The van der Waals surface area contributed by atoms with Crippen molar-refractivity contribution in [2.24, 2.45) is 4.99 Å². The van der Waals surface area contributed by atoms with E-state index in [-0.39, 0.29) is 11.6 Å². The van der Waals surface area contributed by atoms with Crippen LogP contribution in [-0.2, 0) is 9.53 Å². The topological polar surface area (TPSA) is 66.3 Å². The highest BCUT2D eigenvalue weighted by atomic mass is 16.6. The molecule has 0 saturated carbocycles. The quantitative estimate of drug-likeness (QED) is 0.609. The Kier molecular flexibility index (Phi) is 4.93. The third-order valence-electron chi connectivity index (χ3n) is 3.98. The van der Waals surface area contributed by atoms with Gasteiger partial charge in [-0.2, -0.15) is 0 Å². The van der Waals surface area contributed by atoms with E-state index >= 15 is 0 Å². The molecule has 2 aromatic carbocycles. The SMILES string of the molecule is COc1cccc(C2=N/C(=C/c3cc(OC)c(C)cc3OC)C(=O)O2)c1. The number of cyclic esters (lactones) is 1. The van der Waals surface area contributed by atoms with E-state index in [1.165, 1.54) is 0 Å². The van der Waals surface area contributed by atoms with Gasteiger partial charge in [0, 0.05) is 11.1 Å². The van der Waals surface area contributed by atoms with Gasteiger partial charge in [0.2, 0.25) is 5.90 Å². The molecular weight excluding hydrogens is 334 g/mol. The summed E-state index contributed by atoms with van der Waals surface area (Å²) in [4.78, 5) is 16.5. The number of aryl methyl sites for hydroxylation is 1. The van der Waals surface area contributed by atoms with Crippen LogP contribution in [0.2, 0.25) is 0 Å². The molecule has 2 aromatic rings. The average molecular weight is 353 g/mol. The Morgan fingerprint density at radius 2 is 1.77 bits per heavy atom. The largest absolute Gasteiger partial charge is 0.497 e. The van der Waals surface area contributed by atoms with E-state index in [0.29, 0.717) is 28.4 Å². The summed E-state index contributed by atoms with van der Waals surface area (Å²) in [6.45, 7) is 1.92. The third-order valence-corrected chi connectivity index (χ3v) is 3.98. The number of esters is 1. The van der Waals surface area contributed by atoms with Gasteiger partial charge in [-0.05, 0) is 48.9 Å². The van der Waals surface area contributed by atoms with Crippen molar-refractivity contribution in [3.05, 3.63) is 58.8 Å². The number of carbonyl (C=O) groups excluding carboxylic acids is 1. The average Bonchev–Trinajstić information content (AvgIpc) is 3.03. The Morgan fingerprint density at radius 3 is 2.46 bits per heavy atom. The zero-order valence-corrected chi connectivity index (χ0v) is 15.0. The number of rotatable bonds is 5. The van der Waals surface area contributed by atoms with Crippen LogP contribution in [0, 0.1) is 6.92 Å². The Labute approximate surface area is 151 Å². The molecule has 0 atom stereocenters. The van der Waals surface area contributed by atoms with Gasteiger partial charge >= 0.3 is 5.97 Å². The lowest BCUT2D eigenvalue weighted by atomic mass is 10.1. The van der Waals surface area contributed by atoms with Crippen LogP contribution in [-0.4, -0.2) is 33.2 Å². The highest BCUT2D eigenvalue weighted by molar-refractivity contribution is 6.13. The summed E-state index contributed by atoms with van der Waals surface area (Å²) in [6, 6.07) is 10.8. The fraction of sp³-hybridized carbons (Fsp3) is 0.200. The Hall–Kier alpha value is -3.28. The summed E-state index contributed by atoms with van der Waals surface area (Å²) < 4.78 is 21.2. The number of methoxy groups -OCH3 is 3. The molecule has 0 N–H and O–H groups in total. The minimum atomic E-state index is -0.524. The summed E-state index contributed by atoms with van der Waals surface area (Å²) in [6.07, 6.45) is 1.62. The van der Waals surface area contributed by atoms with E-state index in [4.69, 9.17) is 18.9 Å². The summed E-state index contributed by atoms with van der Waals surface area (Å²) in [5.41, 5.74) is 2.46. The molecule has 134 valence electrons. The molecule has 0 aromatic heterocycles. The third kappa shape index (κ3) is 3.39. The van der Waals surface area contributed by atoms with E-state index < -0.39 is 5.97 Å². The standard InChI is InChI=1S/C20H19NO5/c1-12-8-18(25-4)14(11-17(12)24-3)10-16-20(22)26-19(21-16)13-6-5-7-15(9-13)23-2/h5-11H,1-4H3/b16-10+. The van der Waals surface area contributed by atoms with Gasteiger partial charge in [-0.15, -0.1) is 0 Å². The van der Waals surface area contributed by atoms with Crippen LogP contribution < -0.4 is 14.2 Å². The second kappa shape index (κ2) is 7.31. The normalized spacial score (nSPS) is 14.8. The first-order valence-corrected chi connectivity index (χ1v) is 7.95. The van der Waals surface area contributed by atoms with Crippen LogP contribution in [0.5, 0.6) is 17.2 Å². The molecule has 6 heteroatoms. The van der Waals surface area contributed by atoms with Crippen molar-refractivity contribution in [1.82, 2.24) is 0 Å². The second-order valence-electron chi connectivity index (χ2n) is 5.63. The maximum Gasteiger partial charge on any atom is 0.363 e. The summed E-state index contributed by atoms with van der Waals surface area (Å²) >= 11 is 0. The van der Waals surface area contributed by atoms with Gasteiger partial charge in [0.1, 0.15) is 17.2 Å². The van der Waals surface area contributed by atoms with Gasteiger partial charge < -0.3 is 18.9 Å². The van der Waals surface area contributed by atoms with E-state index in [1.807, 2.05) is 13.0 Å². The molecule has 0 saturated heterocycles. The van der Waals surface area contributed by atoms with Gasteiger partial charge in [0.15, 0.2) is 5.70 Å². The molecule has 0 fully saturated rings. The van der Waals surface area contributed by atoms with Gasteiger partial charge in [-0.3, -0.25) is 0 Å². The molecular formula is C20H19NO5. The molecule has 6 nitrogen and oxygen atoms in total. The Morgan fingerprint density at radius 1 is 1.00 bits per heavy atom. The highest BCUT2D eigenvalue weighted by Crippen LogP contribution is 2.31. The molecule has 0 spiro atoms. The van der Waals surface area contributed by atoms with E-state index in [9.17, 15) is 4.79 Å². The minimum absolute atomic E-state index is 0.187. The molecule has 0 radical (unpaired) electrons. The monoisotopic (exact) mass is 353 g/mol. The lowest BCUT2D eigenvalue weighted by Crippen LogP contribution is -2.05. The first kappa shape index (κ1) is 17.5. The van der Waals surface area contributed by atoms with Gasteiger partial charge in [-0.25, -0.2) is 9.79 Å². The Bertz CT molecular complexity index is 914. The van der Waals surface area contributed by atoms with Gasteiger partial charge in [-0.1, -0.05) is 6.07 Å². The van der Waals surface area contributed by atoms with Crippen LogP contribution >= 0.6 is 0 Å². The van der Waals surface area contributed by atoms with Crippen molar-refractivity contribution in [2.75, 3.05) is 21.3 Å². The fourth-order valence-electron chi connectivity index (χ4n) is 2.62. The van der Waals surface area contributed by atoms with E-state index in [0.717, 1.165) is 5.56 Å². The number of ether oxygens (including phenoxy) is 4. The number of hydrogen-bond donors (Lipinski definition) is 0. The van der Waals surface area contributed by atoms with Crippen molar-refractivity contribution in [3.63, 3.8) is 0 Å². The van der Waals surface area contributed by atoms with Crippen molar-refractivity contribution in [2.45, 2.75) is 6.92 Å². The van der Waals surface area contributed by atoms with Gasteiger partial charge in [0.25, 0.3) is 0 Å². The number of aliphatic imine (C=N–C) groups is 1. The second-order valence-corrected chi connectivity index (χ2v) is 5.63. The van der Waals surface area contributed by atoms with Crippen molar-refractivity contribution in [3.8, 4) is 17.2 Å². The smallest absolute Gasteiger partial charge is 0.363 e. The first-order chi connectivity index (χ1) is 12.5. The summed E-state index contributed by atoms with van der Waals surface area (Å²) in [5.74, 6) is 1.68. The molecule has 1 aliphatic heterocycles. The zero-order chi connectivity index (χ0) is 18.7. The predicted octanol–water partition coefficient (Wildman–Crippen LogP) is 3.37. The fourth-order valence-corrected chi connectivity index (χ4v) is 2.62. The minimum Gasteiger partial charge on any atom is -0.497 e. The molecule has 1 heterocycles. The van der Waals surface area contributed by atoms with E-state index in [1.54, 1.807) is 57.7 Å². The van der Waals surface area contributed by atoms with Crippen molar-refractivity contribution >= 4 is 17.9 Å². The molecule has 0 amide bonds. The van der Waals surface area contributed by atoms with Crippen molar-refractivity contribution < 1.29 is 23.7 Å². The number of nitrogens with zero attached hydrogens (tertiary/aromatic N) is 1. The molecule has 1 aliphatic rings. The van der Waals surface area contributed by atoms with Crippen LogP contribution in [0.3, 0.4) is 0 Å². The Balaban J connectivity index is 2.01. The molecule has 0 unspecified atom stereocenters. The molecule has 0 bridgehead atoms. The molecule has 3 rings (SSSR count). The zero-order valence-electron chi connectivity index (χ0n) is 15.0. The van der Waals surface area contributed by atoms with Crippen LogP contribution in [0.4, 0.5) is 0 Å². The van der Waals surface area contributed by atoms with E-state index in [2.05, 4.69) is 4.99 Å². The number of hydrogen-bond acceptors (Lipinski definition) is 6. The molecule has 26 heavy (non-hydrogen) atoms. The van der Waals surface area contributed by atoms with Crippen LogP contribution in [0.25, 0.3) is 6.08 Å². The van der Waals surface area contributed by atoms with Crippen molar-refractivity contribution in [1.29, 1.82) is 0 Å². The maximum absolute atomic E-state index is 12.2. The first-order valence-electron chi connectivity index (χ1n) is 7.95. The summed E-state index contributed by atoms with van der Waals surface area (Å²) in [7, 11) is 4.74. The maximum atomic E-state index is 12.2. The van der Waals surface area contributed by atoms with Gasteiger partial charge in [0.05, 0.1) is 21.3 Å². The number of carbonyl (C=O) groups is 1.